The Morgan fingerprint density at radius 2 is 1.68 bits per heavy atom. The van der Waals surface area contributed by atoms with Crippen LogP contribution in [0.5, 0.6) is 0 Å². The molecule has 0 aliphatic heterocycles. The van der Waals surface area contributed by atoms with Crippen molar-refractivity contribution in [3.8, 4) is 0 Å². The highest BCUT2D eigenvalue weighted by Gasteiger charge is 2.41. The zero-order valence-electron chi connectivity index (χ0n) is 14.3. The summed E-state index contributed by atoms with van der Waals surface area (Å²) in [6.07, 6.45) is 5.22. The summed E-state index contributed by atoms with van der Waals surface area (Å²) in [5.74, 6) is -0.210. The quantitative estimate of drug-likeness (QED) is 0.636. The molecule has 2 amide bonds. The number of rotatable bonds is 5. The molecular formula is C19H22N2O4. The summed E-state index contributed by atoms with van der Waals surface area (Å²) < 4.78 is 5.36. The largest absolute Gasteiger partial charge is 0.452 e. The Morgan fingerprint density at radius 3 is 2.20 bits per heavy atom. The highest BCUT2D eigenvalue weighted by molar-refractivity contribution is 5.95. The van der Waals surface area contributed by atoms with Crippen LogP contribution in [0.1, 0.15) is 26.7 Å². The van der Waals surface area contributed by atoms with Crippen LogP contribution in [0.2, 0.25) is 0 Å². The monoisotopic (exact) mass is 342 g/mol. The van der Waals surface area contributed by atoms with E-state index >= 15 is 0 Å². The molecule has 0 unspecified atom stereocenters. The number of ether oxygens (including phenoxy) is 1. The van der Waals surface area contributed by atoms with E-state index in [2.05, 4.69) is 22.8 Å². The number of amides is 2. The van der Waals surface area contributed by atoms with Crippen molar-refractivity contribution in [1.29, 1.82) is 0 Å². The number of hydrogen-bond donors (Lipinski definition) is 2. The molecule has 1 aromatic rings. The van der Waals surface area contributed by atoms with E-state index in [-0.39, 0.29) is 29.6 Å². The summed E-state index contributed by atoms with van der Waals surface area (Å²) in [5.41, 5.74) is 1.22. The Morgan fingerprint density at radius 1 is 1.04 bits per heavy atom. The molecule has 1 aromatic carbocycles. The van der Waals surface area contributed by atoms with E-state index in [9.17, 15) is 14.4 Å². The first-order valence-corrected chi connectivity index (χ1v) is 8.49. The Kier molecular flexibility index (Phi) is 4.88. The van der Waals surface area contributed by atoms with Gasteiger partial charge in [0.2, 0.25) is 5.91 Å². The Hall–Kier alpha value is -2.63. The first kappa shape index (κ1) is 17.2. The SMILES string of the molecule is CC(=O)Nc1ccc(NC(=O)[C@H](C)OC(=O)[C@@H]2C[C@H]3C=C[C@H]2C3)cc1. The van der Waals surface area contributed by atoms with Gasteiger partial charge < -0.3 is 15.4 Å². The van der Waals surface area contributed by atoms with Gasteiger partial charge in [-0.1, -0.05) is 12.2 Å². The first-order valence-electron chi connectivity index (χ1n) is 8.49. The van der Waals surface area contributed by atoms with Gasteiger partial charge in [0.25, 0.3) is 5.91 Å². The molecule has 6 nitrogen and oxygen atoms in total. The topological polar surface area (TPSA) is 84.5 Å². The van der Waals surface area contributed by atoms with E-state index in [1.165, 1.54) is 6.92 Å². The summed E-state index contributed by atoms with van der Waals surface area (Å²) in [6, 6.07) is 6.74. The molecule has 0 radical (unpaired) electrons. The normalized spacial score (nSPS) is 24.6. The number of esters is 1. The summed E-state index contributed by atoms with van der Waals surface area (Å²) >= 11 is 0. The molecule has 2 N–H and O–H groups in total. The van der Waals surface area contributed by atoms with Gasteiger partial charge in [-0.3, -0.25) is 14.4 Å². The molecule has 2 aliphatic carbocycles. The maximum Gasteiger partial charge on any atom is 0.310 e. The summed E-state index contributed by atoms with van der Waals surface area (Å²) in [6.45, 7) is 3.00. The second kappa shape index (κ2) is 7.09. The second-order valence-corrected chi connectivity index (χ2v) is 6.71. The minimum absolute atomic E-state index is 0.123. The molecule has 6 heteroatoms. The van der Waals surface area contributed by atoms with Crippen LogP contribution >= 0.6 is 0 Å². The lowest BCUT2D eigenvalue weighted by atomic mass is 9.94. The third-order valence-electron chi connectivity index (χ3n) is 4.72. The third-order valence-corrected chi connectivity index (χ3v) is 4.72. The van der Waals surface area contributed by atoms with Crippen LogP contribution in [-0.4, -0.2) is 23.9 Å². The van der Waals surface area contributed by atoms with Crippen LogP contribution in [0.4, 0.5) is 11.4 Å². The molecule has 2 aliphatic rings. The fraction of sp³-hybridized carbons (Fsp3) is 0.421. The number of nitrogens with one attached hydrogen (secondary N) is 2. The summed E-state index contributed by atoms with van der Waals surface area (Å²) in [4.78, 5) is 35.5. The van der Waals surface area contributed by atoms with Gasteiger partial charge in [0.05, 0.1) is 5.92 Å². The molecule has 0 spiro atoms. The van der Waals surface area contributed by atoms with Gasteiger partial charge in [-0.15, -0.1) is 0 Å². The Labute approximate surface area is 146 Å². The van der Waals surface area contributed by atoms with E-state index in [0.717, 1.165) is 12.8 Å². The van der Waals surface area contributed by atoms with E-state index < -0.39 is 6.10 Å². The van der Waals surface area contributed by atoms with Crippen LogP contribution in [0.3, 0.4) is 0 Å². The molecule has 1 saturated carbocycles. The summed E-state index contributed by atoms with van der Waals surface area (Å²) in [5, 5.41) is 5.36. The fourth-order valence-electron chi connectivity index (χ4n) is 3.45. The first-order chi connectivity index (χ1) is 11.9. The maximum atomic E-state index is 12.3. The number of fused-ring (bicyclic) bond motifs is 2. The highest BCUT2D eigenvalue weighted by atomic mass is 16.5. The van der Waals surface area contributed by atoms with Crippen LogP contribution in [-0.2, 0) is 19.1 Å². The Bertz CT molecular complexity index is 711. The zero-order chi connectivity index (χ0) is 18.0. The predicted molar refractivity (Wildman–Crippen MR) is 93.8 cm³/mol. The minimum Gasteiger partial charge on any atom is -0.452 e. The van der Waals surface area contributed by atoms with Gasteiger partial charge in [-0.25, -0.2) is 0 Å². The smallest absolute Gasteiger partial charge is 0.310 e. The van der Waals surface area contributed by atoms with Crippen molar-refractivity contribution in [2.45, 2.75) is 32.8 Å². The number of hydrogen-bond acceptors (Lipinski definition) is 4. The molecule has 2 bridgehead atoms. The zero-order valence-corrected chi connectivity index (χ0v) is 14.3. The predicted octanol–water partition coefficient (Wildman–Crippen LogP) is 2.73. The van der Waals surface area contributed by atoms with Gasteiger partial charge >= 0.3 is 5.97 Å². The van der Waals surface area contributed by atoms with Gasteiger partial charge in [0, 0.05) is 18.3 Å². The van der Waals surface area contributed by atoms with E-state index in [1.807, 2.05) is 0 Å². The molecule has 132 valence electrons. The fourth-order valence-corrected chi connectivity index (χ4v) is 3.45. The van der Waals surface area contributed by atoms with Crippen molar-refractivity contribution in [2.24, 2.45) is 17.8 Å². The van der Waals surface area contributed by atoms with Crippen molar-refractivity contribution >= 4 is 29.2 Å². The van der Waals surface area contributed by atoms with Crippen LogP contribution in [0.25, 0.3) is 0 Å². The molecule has 0 aromatic heterocycles. The lowest BCUT2D eigenvalue weighted by molar-refractivity contribution is -0.158. The highest BCUT2D eigenvalue weighted by Crippen LogP contribution is 2.44. The average Bonchev–Trinajstić information content (AvgIpc) is 3.19. The van der Waals surface area contributed by atoms with Crippen LogP contribution in [0, 0.1) is 17.8 Å². The number of carbonyl (C=O) groups is 3. The standard InChI is InChI=1S/C19H22N2O4/c1-11(25-19(24)17-10-13-3-4-14(17)9-13)18(23)21-16-7-5-15(6-8-16)20-12(2)22/h3-8,11,13-14,17H,9-10H2,1-2H3,(H,20,22)(H,21,23)/t11-,13-,14-,17+/m0/s1. The second-order valence-electron chi connectivity index (χ2n) is 6.71. The molecule has 3 rings (SSSR count). The van der Waals surface area contributed by atoms with Crippen molar-refractivity contribution in [3.05, 3.63) is 36.4 Å². The number of benzene rings is 1. The Balaban J connectivity index is 1.51. The lowest BCUT2D eigenvalue weighted by Gasteiger charge is -2.20. The molecule has 0 heterocycles. The van der Waals surface area contributed by atoms with Gasteiger partial charge in [-0.2, -0.15) is 0 Å². The van der Waals surface area contributed by atoms with E-state index in [0.29, 0.717) is 17.3 Å². The minimum atomic E-state index is -0.856. The number of anilines is 2. The van der Waals surface area contributed by atoms with Crippen LogP contribution in [0.15, 0.2) is 36.4 Å². The molecule has 1 fully saturated rings. The van der Waals surface area contributed by atoms with Gasteiger partial charge in [0.15, 0.2) is 6.10 Å². The van der Waals surface area contributed by atoms with Crippen molar-refractivity contribution in [2.75, 3.05) is 10.6 Å². The van der Waals surface area contributed by atoms with Crippen molar-refractivity contribution < 1.29 is 19.1 Å². The van der Waals surface area contributed by atoms with E-state index in [4.69, 9.17) is 4.74 Å². The van der Waals surface area contributed by atoms with Crippen molar-refractivity contribution in [3.63, 3.8) is 0 Å². The third kappa shape index (κ3) is 4.07. The lowest BCUT2D eigenvalue weighted by Crippen LogP contribution is -2.33. The molecule has 25 heavy (non-hydrogen) atoms. The van der Waals surface area contributed by atoms with Gasteiger partial charge in [0.1, 0.15) is 0 Å². The van der Waals surface area contributed by atoms with Crippen molar-refractivity contribution in [1.82, 2.24) is 0 Å². The summed E-state index contributed by atoms with van der Waals surface area (Å²) in [7, 11) is 0. The maximum absolute atomic E-state index is 12.3. The van der Waals surface area contributed by atoms with Crippen LogP contribution < -0.4 is 10.6 Å². The average molecular weight is 342 g/mol. The molecule has 0 saturated heterocycles. The number of carbonyl (C=O) groups excluding carboxylic acids is 3. The molecular weight excluding hydrogens is 320 g/mol. The van der Waals surface area contributed by atoms with E-state index in [1.54, 1.807) is 31.2 Å². The molecule has 4 atom stereocenters. The number of allylic oxidation sites excluding steroid dienone is 2. The van der Waals surface area contributed by atoms with Gasteiger partial charge in [-0.05, 0) is 55.9 Å².